The first kappa shape index (κ1) is 19.9. The number of hydrogen-bond donors (Lipinski definition) is 0. The normalized spacial score (nSPS) is 10.4. The van der Waals surface area contributed by atoms with Crippen molar-refractivity contribution in [2.75, 3.05) is 0 Å². The van der Waals surface area contributed by atoms with Gasteiger partial charge in [0.25, 0.3) is 0 Å². The van der Waals surface area contributed by atoms with Gasteiger partial charge in [0.2, 0.25) is 0 Å². The van der Waals surface area contributed by atoms with Gasteiger partial charge in [0.1, 0.15) is 5.78 Å². The third kappa shape index (κ3) is 18.9. The van der Waals surface area contributed by atoms with Crippen LogP contribution in [0.25, 0.3) is 0 Å². The molecule has 0 aromatic rings. The molecule has 0 aliphatic carbocycles. The maximum atomic E-state index is 10.8. The summed E-state index contributed by atoms with van der Waals surface area (Å²) < 4.78 is 1.41. The molecule has 0 aliphatic heterocycles. The average Bonchev–Trinajstić information content (AvgIpc) is 2.39. The Labute approximate surface area is 136 Å². The zero-order valence-corrected chi connectivity index (χ0v) is 19.1. The van der Waals surface area contributed by atoms with Crippen LogP contribution < -0.4 is 0 Å². The molecule has 110 valence electrons. The number of unbranched alkanes of at least 4 members (excludes halogenated alkanes) is 11. The topological polar surface area (TPSA) is 17.1 Å². The molecule has 19 heavy (non-hydrogen) atoms. The van der Waals surface area contributed by atoms with Gasteiger partial charge in [0.05, 0.1) is 0 Å². The Morgan fingerprint density at radius 1 is 0.737 bits per heavy atom. The van der Waals surface area contributed by atoms with Crippen molar-refractivity contribution in [3.8, 4) is 0 Å². The fraction of sp³-hybridized carbons (Fsp3) is 0.938. The third-order valence-electron chi connectivity index (χ3n) is 3.66. The first-order chi connectivity index (χ1) is 9.27. The predicted molar refractivity (Wildman–Crippen MR) is 81.4 cm³/mol. The fourth-order valence-electron chi connectivity index (χ4n) is 2.41. The Bertz CT molecular complexity index is 197. The van der Waals surface area contributed by atoms with Gasteiger partial charge in [-0.25, -0.2) is 0 Å². The number of halogens is 1. The van der Waals surface area contributed by atoms with Gasteiger partial charge in [0, 0.05) is 6.42 Å². The van der Waals surface area contributed by atoms with Crippen LogP contribution in [0.15, 0.2) is 0 Å². The summed E-state index contributed by atoms with van der Waals surface area (Å²) in [5.41, 5.74) is 0. The monoisotopic (exact) mass is 476 g/mol. The van der Waals surface area contributed by atoms with Gasteiger partial charge < -0.3 is 4.79 Å². The van der Waals surface area contributed by atoms with Gasteiger partial charge in [-0.05, 0) is 13.3 Å². The molecule has 0 aliphatic rings. The molecule has 0 spiro atoms. The molecule has 0 unspecified atom stereocenters. The average molecular weight is 475 g/mol. The van der Waals surface area contributed by atoms with E-state index in [2.05, 4.69) is 0 Å². The third-order valence-corrected chi connectivity index (χ3v) is 8.99. The van der Waals surface area contributed by atoms with E-state index in [1.807, 2.05) is 0 Å². The van der Waals surface area contributed by atoms with Gasteiger partial charge in [-0.2, -0.15) is 0 Å². The van der Waals surface area contributed by atoms with Gasteiger partial charge in [-0.1, -0.05) is 0 Å². The van der Waals surface area contributed by atoms with E-state index in [1.165, 1.54) is 74.6 Å². The summed E-state index contributed by atoms with van der Waals surface area (Å²) in [7, 11) is 5.87. The van der Waals surface area contributed by atoms with Crippen molar-refractivity contribution in [3.05, 3.63) is 0 Å². The first-order valence-corrected chi connectivity index (χ1v) is 19.0. The van der Waals surface area contributed by atoms with E-state index < -0.39 is 23.3 Å². The summed E-state index contributed by atoms with van der Waals surface area (Å²) in [4.78, 5) is 10.8. The number of carbonyl (C=O) groups is 1. The van der Waals surface area contributed by atoms with Crippen molar-refractivity contribution in [3.63, 3.8) is 0 Å². The number of rotatable bonds is 15. The van der Waals surface area contributed by atoms with Crippen LogP contribution in [0.1, 0.15) is 90.4 Å². The molecular formula is C16H31ClHgO. The Kier molecular flexibility index (Phi) is 17.7. The van der Waals surface area contributed by atoms with Crippen molar-refractivity contribution in [2.45, 2.75) is 94.3 Å². The van der Waals surface area contributed by atoms with Crippen molar-refractivity contribution in [1.29, 1.82) is 0 Å². The van der Waals surface area contributed by atoms with Crippen molar-refractivity contribution >= 4 is 14.0 Å². The second-order valence-corrected chi connectivity index (χ2v) is 13.3. The zero-order valence-electron chi connectivity index (χ0n) is 12.9. The van der Waals surface area contributed by atoms with Gasteiger partial charge in [0.15, 0.2) is 0 Å². The molecule has 0 bridgehead atoms. The zero-order chi connectivity index (χ0) is 14.2. The Morgan fingerprint density at radius 2 is 1.11 bits per heavy atom. The molecule has 0 heterocycles. The molecule has 0 atom stereocenters. The molecule has 3 heteroatoms. The van der Waals surface area contributed by atoms with E-state index in [0.717, 1.165) is 12.8 Å². The summed E-state index contributed by atoms with van der Waals surface area (Å²) in [5.74, 6) is 0.342. The number of ketones is 1. The van der Waals surface area contributed by atoms with Crippen LogP contribution in [0.3, 0.4) is 0 Å². The van der Waals surface area contributed by atoms with Crippen molar-refractivity contribution in [2.24, 2.45) is 0 Å². The molecule has 0 aromatic carbocycles. The van der Waals surface area contributed by atoms with Gasteiger partial charge in [-0.3, -0.25) is 0 Å². The summed E-state index contributed by atoms with van der Waals surface area (Å²) in [5, 5.41) is 0. The first-order valence-electron chi connectivity index (χ1n) is 8.32. The standard InChI is InChI=1S/C16H31O.ClH.Hg/c1-3-4-5-6-7-8-9-10-11-12-13-14-15-16(2)17;;/h1,3-15H2,2H3;1H;/q;;+1/p-1. The number of carbonyl (C=O) groups excluding carboxylic acids is 1. The fourth-order valence-corrected chi connectivity index (χ4v) is 6.18. The van der Waals surface area contributed by atoms with E-state index in [0.29, 0.717) is 5.78 Å². The van der Waals surface area contributed by atoms with E-state index >= 15 is 0 Å². The summed E-state index contributed by atoms with van der Waals surface area (Å²) in [6.45, 7) is 1.69. The summed E-state index contributed by atoms with van der Waals surface area (Å²) >= 11 is -0.811. The molecule has 1 nitrogen and oxygen atoms in total. The molecule has 0 amide bonds. The predicted octanol–water partition coefficient (Wildman–Crippen LogP) is 6.30. The van der Waals surface area contributed by atoms with Crippen LogP contribution in [-0.2, 0) is 28.1 Å². The molecule has 0 aromatic heterocycles. The Morgan fingerprint density at radius 3 is 1.47 bits per heavy atom. The van der Waals surface area contributed by atoms with E-state index in [1.54, 1.807) is 6.92 Å². The van der Waals surface area contributed by atoms with Crippen LogP contribution in [0.4, 0.5) is 0 Å². The molecule has 0 fully saturated rings. The van der Waals surface area contributed by atoms with Crippen LogP contribution in [0, 0.1) is 0 Å². The van der Waals surface area contributed by atoms with E-state index in [-0.39, 0.29) is 0 Å². The Hall–Kier alpha value is 0.895. The molecule has 0 rings (SSSR count). The molecular weight excluding hydrogens is 444 g/mol. The van der Waals surface area contributed by atoms with Gasteiger partial charge in [-0.15, -0.1) is 0 Å². The van der Waals surface area contributed by atoms with E-state index in [4.69, 9.17) is 8.25 Å². The van der Waals surface area contributed by atoms with Crippen molar-refractivity contribution < 1.29 is 28.1 Å². The maximum absolute atomic E-state index is 10.8. The second-order valence-electron chi connectivity index (χ2n) is 5.74. The molecule has 0 N–H and O–H groups in total. The quantitative estimate of drug-likeness (QED) is 0.201. The van der Waals surface area contributed by atoms with E-state index in [9.17, 15) is 4.79 Å². The minimum atomic E-state index is -0.811. The molecule has 0 radical (unpaired) electrons. The second kappa shape index (κ2) is 16.9. The van der Waals surface area contributed by atoms with Crippen LogP contribution in [-0.4, -0.2) is 5.78 Å². The minimum absolute atomic E-state index is 0.342. The molecule has 0 saturated carbocycles. The number of Topliss-reactive ketones (excluding diaryl/α,β-unsaturated/α-hetero) is 1. The number of hydrogen-bond acceptors (Lipinski definition) is 1. The van der Waals surface area contributed by atoms with Gasteiger partial charge >= 0.3 is 106 Å². The van der Waals surface area contributed by atoms with Crippen LogP contribution in [0.5, 0.6) is 0 Å². The van der Waals surface area contributed by atoms with Crippen LogP contribution >= 0.6 is 8.25 Å². The summed E-state index contributed by atoms with van der Waals surface area (Å²) in [6, 6.07) is 0. The van der Waals surface area contributed by atoms with Crippen molar-refractivity contribution in [1.82, 2.24) is 0 Å². The SMILES string of the molecule is CC(=O)CCCCCCCCCCCCC[CH2][Hg][Cl]. The van der Waals surface area contributed by atoms with Crippen LogP contribution in [0.2, 0.25) is 3.93 Å². The summed E-state index contributed by atoms with van der Waals surface area (Å²) in [6.07, 6.45) is 17.1. The Balaban J connectivity index is 2.93. The molecule has 0 saturated heterocycles.